The summed E-state index contributed by atoms with van der Waals surface area (Å²) in [5, 5.41) is 12.2. The van der Waals surface area contributed by atoms with E-state index in [1.54, 1.807) is 0 Å². The Bertz CT molecular complexity index is 415. The van der Waals surface area contributed by atoms with Crippen LogP contribution >= 0.6 is 0 Å². The largest absolute Gasteiger partial charge is 0.409 e. The first kappa shape index (κ1) is 15.1. The zero-order valence-corrected chi connectivity index (χ0v) is 13.0. The Balaban J connectivity index is 2.24. The molecule has 0 bridgehead atoms. The van der Waals surface area contributed by atoms with Gasteiger partial charge in [0, 0.05) is 12.6 Å². The van der Waals surface area contributed by atoms with Crippen molar-refractivity contribution in [1.29, 1.82) is 0 Å². The van der Waals surface area contributed by atoms with Crippen LogP contribution in [0.1, 0.15) is 47.0 Å². The predicted molar refractivity (Wildman–Crippen MR) is 78.4 cm³/mol. The lowest BCUT2D eigenvalue weighted by Crippen LogP contribution is -2.61. The lowest BCUT2D eigenvalue weighted by Gasteiger charge is -2.50. The molecule has 3 unspecified atom stereocenters. The molecular weight excluding hydrogens is 254 g/mol. The Hall–Kier alpha value is -1.26. The molecule has 2 aliphatic rings. The highest BCUT2D eigenvalue weighted by Crippen LogP contribution is 2.48. The highest BCUT2D eigenvalue weighted by atomic mass is 16.4. The number of hydrogen-bond acceptors (Lipinski definition) is 3. The second-order valence-electron chi connectivity index (χ2n) is 7.10. The highest BCUT2D eigenvalue weighted by Gasteiger charge is 2.55. The third-order valence-electron chi connectivity index (χ3n) is 5.26. The molecule has 114 valence electrons. The Morgan fingerprint density at radius 1 is 1.25 bits per heavy atom. The van der Waals surface area contributed by atoms with Crippen LogP contribution < -0.4 is 5.73 Å². The van der Waals surface area contributed by atoms with Gasteiger partial charge in [-0.3, -0.25) is 4.79 Å². The van der Waals surface area contributed by atoms with Gasteiger partial charge in [0.25, 0.3) is 0 Å². The summed E-state index contributed by atoms with van der Waals surface area (Å²) in [5.41, 5.74) is 5.09. The molecule has 5 nitrogen and oxygen atoms in total. The predicted octanol–water partition coefficient (Wildman–Crippen LogP) is 2.04. The quantitative estimate of drug-likeness (QED) is 0.352. The molecule has 1 saturated heterocycles. The number of carbonyl (C=O) groups excluding carboxylic acids is 1. The van der Waals surface area contributed by atoms with Crippen LogP contribution in [0.5, 0.6) is 0 Å². The molecule has 3 atom stereocenters. The van der Waals surface area contributed by atoms with E-state index in [1.165, 1.54) is 0 Å². The van der Waals surface area contributed by atoms with Gasteiger partial charge >= 0.3 is 0 Å². The summed E-state index contributed by atoms with van der Waals surface area (Å²) in [6, 6.07) is 0.220. The van der Waals surface area contributed by atoms with E-state index in [0.717, 1.165) is 13.0 Å². The average molecular weight is 281 g/mol. The van der Waals surface area contributed by atoms with Crippen LogP contribution in [0.25, 0.3) is 0 Å². The normalized spacial score (nSPS) is 42.2. The maximum Gasteiger partial charge on any atom is 0.236 e. The summed E-state index contributed by atoms with van der Waals surface area (Å²) >= 11 is 0. The van der Waals surface area contributed by atoms with Crippen molar-refractivity contribution in [2.45, 2.75) is 53.0 Å². The molecule has 0 aromatic rings. The molecule has 2 fully saturated rings. The third-order valence-corrected chi connectivity index (χ3v) is 5.26. The summed E-state index contributed by atoms with van der Waals surface area (Å²) in [6.07, 6.45) is 2.53. The smallest absolute Gasteiger partial charge is 0.236 e. The van der Waals surface area contributed by atoms with Gasteiger partial charge in [-0.25, -0.2) is 0 Å². The lowest BCUT2D eigenvalue weighted by atomic mass is 9.60. The molecular formula is C15H27N3O2. The monoisotopic (exact) mass is 281 g/mol. The first-order valence-corrected chi connectivity index (χ1v) is 7.61. The lowest BCUT2D eigenvalue weighted by molar-refractivity contribution is -0.150. The molecule has 0 spiro atoms. The highest BCUT2D eigenvalue weighted by molar-refractivity contribution is 6.07. The topological polar surface area (TPSA) is 78.9 Å². The second kappa shape index (κ2) is 5.26. The van der Waals surface area contributed by atoms with Crippen molar-refractivity contribution in [2.75, 3.05) is 6.54 Å². The van der Waals surface area contributed by atoms with Crippen LogP contribution in [0.15, 0.2) is 5.16 Å². The number of nitrogens with two attached hydrogens (primary N) is 1. The fraction of sp³-hybridized carbons (Fsp3) is 0.867. The molecule has 5 heteroatoms. The molecule has 1 aliphatic heterocycles. The zero-order valence-electron chi connectivity index (χ0n) is 13.0. The molecule has 2 rings (SSSR count). The molecule has 0 radical (unpaired) electrons. The van der Waals surface area contributed by atoms with E-state index in [1.807, 2.05) is 4.90 Å². The van der Waals surface area contributed by atoms with E-state index in [-0.39, 0.29) is 17.8 Å². The van der Waals surface area contributed by atoms with Gasteiger partial charge in [0.15, 0.2) is 5.84 Å². The van der Waals surface area contributed by atoms with E-state index in [4.69, 9.17) is 10.9 Å². The minimum absolute atomic E-state index is 0.0526. The van der Waals surface area contributed by atoms with E-state index in [0.29, 0.717) is 30.6 Å². The zero-order chi connectivity index (χ0) is 15.1. The Morgan fingerprint density at radius 2 is 1.85 bits per heavy atom. The van der Waals surface area contributed by atoms with Gasteiger partial charge in [-0.2, -0.15) is 0 Å². The van der Waals surface area contributed by atoms with Crippen molar-refractivity contribution in [1.82, 2.24) is 4.90 Å². The fourth-order valence-corrected chi connectivity index (χ4v) is 3.98. The summed E-state index contributed by atoms with van der Waals surface area (Å²) in [5.74, 6) is 1.58. The number of hydrogen-bond donors (Lipinski definition) is 2. The molecule has 1 aliphatic carbocycles. The SMILES string of the molecule is CC1CC(C)C(C)N(C(=O)C2(C(N)=NO)CC(C)C2)C1. The molecule has 0 aromatic carbocycles. The Morgan fingerprint density at radius 3 is 2.35 bits per heavy atom. The van der Waals surface area contributed by atoms with Crippen molar-refractivity contribution < 1.29 is 10.0 Å². The van der Waals surface area contributed by atoms with Crippen LogP contribution in [-0.4, -0.2) is 34.4 Å². The molecule has 1 amide bonds. The summed E-state index contributed by atoms with van der Waals surface area (Å²) in [6.45, 7) is 9.36. The number of nitrogens with zero attached hydrogens (tertiary/aromatic N) is 2. The Labute approximate surface area is 121 Å². The molecule has 1 heterocycles. The molecule has 20 heavy (non-hydrogen) atoms. The van der Waals surface area contributed by atoms with E-state index < -0.39 is 5.41 Å². The van der Waals surface area contributed by atoms with Gasteiger partial charge in [-0.05, 0) is 43.9 Å². The minimum Gasteiger partial charge on any atom is -0.409 e. The minimum atomic E-state index is -0.765. The fourth-order valence-electron chi connectivity index (χ4n) is 3.98. The molecule has 0 aromatic heterocycles. The van der Waals surface area contributed by atoms with E-state index in [2.05, 4.69) is 32.9 Å². The van der Waals surface area contributed by atoms with Crippen molar-refractivity contribution in [3.8, 4) is 0 Å². The summed E-state index contributed by atoms with van der Waals surface area (Å²) in [7, 11) is 0. The van der Waals surface area contributed by atoms with E-state index >= 15 is 0 Å². The Kier molecular flexibility index (Phi) is 3.98. The van der Waals surface area contributed by atoms with Gasteiger partial charge in [0.05, 0.1) is 0 Å². The number of rotatable bonds is 2. The van der Waals surface area contributed by atoms with Crippen molar-refractivity contribution in [3.05, 3.63) is 0 Å². The number of likely N-dealkylation sites (tertiary alicyclic amines) is 1. The first-order chi connectivity index (χ1) is 9.31. The first-order valence-electron chi connectivity index (χ1n) is 7.61. The van der Waals surface area contributed by atoms with Crippen molar-refractivity contribution in [3.63, 3.8) is 0 Å². The van der Waals surface area contributed by atoms with Crippen LogP contribution in [-0.2, 0) is 4.79 Å². The van der Waals surface area contributed by atoms with Gasteiger partial charge < -0.3 is 15.8 Å². The van der Waals surface area contributed by atoms with Crippen LogP contribution in [0, 0.1) is 23.2 Å². The molecule has 3 N–H and O–H groups in total. The number of amides is 1. The second-order valence-corrected chi connectivity index (χ2v) is 7.10. The number of oxime groups is 1. The van der Waals surface area contributed by atoms with Crippen LogP contribution in [0.3, 0.4) is 0 Å². The van der Waals surface area contributed by atoms with Crippen molar-refractivity contribution in [2.24, 2.45) is 34.1 Å². The van der Waals surface area contributed by atoms with Gasteiger partial charge in [0.1, 0.15) is 5.41 Å². The molecule has 1 saturated carbocycles. The maximum atomic E-state index is 13.0. The van der Waals surface area contributed by atoms with Crippen LogP contribution in [0.2, 0.25) is 0 Å². The van der Waals surface area contributed by atoms with E-state index in [9.17, 15) is 4.79 Å². The number of amidine groups is 1. The number of piperidine rings is 1. The maximum absolute atomic E-state index is 13.0. The van der Waals surface area contributed by atoms with Gasteiger partial charge in [-0.15, -0.1) is 0 Å². The third kappa shape index (κ3) is 2.27. The van der Waals surface area contributed by atoms with Gasteiger partial charge in [0.2, 0.25) is 5.91 Å². The average Bonchev–Trinajstić information content (AvgIpc) is 2.37. The van der Waals surface area contributed by atoms with Crippen molar-refractivity contribution >= 4 is 11.7 Å². The standard InChI is InChI=1S/C15H27N3O2/c1-9-5-11(3)12(4)18(8-9)14(19)15(13(16)17-20)6-10(2)7-15/h9-12,20H,5-8H2,1-4H3,(H2,16,17). The van der Waals surface area contributed by atoms with Crippen LogP contribution in [0.4, 0.5) is 0 Å². The number of carbonyl (C=O) groups is 1. The van der Waals surface area contributed by atoms with Gasteiger partial charge in [-0.1, -0.05) is 25.9 Å². The summed E-state index contributed by atoms with van der Waals surface area (Å²) in [4.78, 5) is 15.0. The summed E-state index contributed by atoms with van der Waals surface area (Å²) < 4.78 is 0.